The zero-order chi connectivity index (χ0) is 25.9. The summed E-state index contributed by atoms with van der Waals surface area (Å²) in [6.07, 6.45) is 5.38. The van der Waals surface area contributed by atoms with Crippen LogP contribution in [0.25, 0.3) is 22.8 Å². The van der Waals surface area contributed by atoms with Crippen LogP contribution in [0.2, 0.25) is 5.02 Å². The minimum absolute atomic E-state index is 0.0197. The fraction of sp³-hybridized carbons (Fsp3) is 0.240. The first-order valence-corrected chi connectivity index (χ1v) is 12.0. The van der Waals surface area contributed by atoms with E-state index < -0.39 is 11.7 Å². The lowest BCUT2D eigenvalue weighted by Crippen LogP contribution is -2.28. The number of aryl methyl sites for hydroxylation is 2. The van der Waals surface area contributed by atoms with Gasteiger partial charge in [0.25, 0.3) is 0 Å². The molecule has 1 aromatic carbocycles. The summed E-state index contributed by atoms with van der Waals surface area (Å²) in [5.74, 6) is -2.30. The Hall–Kier alpha value is -4.12. The molecule has 0 saturated carbocycles. The zero-order valence-electron chi connectivity index (χ0n) is 20.2. The van der Waals surface area contributed by atoms with Crippen molar-refractivity contribution >= 4 is 23.4 Å². The van der Waals surface area contributed by atoms with E-state index in [1.54, 1.807) is 23.1 Å². The van der Waals surface area contributed by atoms with Crippen LogP contribution in [0, 0.1) is 6.92 Å². The molecule has 0 amide bonds. The lowest BCUT2D eigenvalue weighted by molar-refractivity contribution is 0.0269. The zero-order valence-corrected chi connectivity index (χ0v) is 20.9. The normalized spacial score (nSPS) is 14.9. The monoisotopic (exact) mass is 521 g/mol. The number of benzene rings is 1. The average Bonchev–Trinajstić information content (AvgIpc) is 3.59. The number of rotatable bonds is 5. The SMILES string of the molecule is Cc1cnc(Nc2ccnn2C)nc1-c1cc2n(c1)C[C@H](C)n1c-2nnc1C(F)(F)c1ccccc1Cl. The number of anilines is 2. The molecule has 12 heteroatoms. The molecule has 1 aliphatic heterocycles. The molecule has 1 N–H and O–H groups in total. The number of fused-ring (bicyclic) bond motifs is 3. The van der Waals surface area contributed by atoms with Gasteiger partial charge in [0, 0.05) is 43.2 Å². The molecular weight excluding hydrogens is 500 g/mol. The standard InChI is InChI=1S/C25H22ClF2N9/c1-14-11-29-24(31-20-8-9-30-35(20)3)32-21(14)16-10-19-22-33-34-23(37(22)15(2)12-36(19)13-16)25(27,28)17-6-4-5-7-18(17)26/h4-11,13,15H,12H2,1-3H3,(H,29,31,32)/t15-/m0/s1. The summed E-state index contributed by atoms with van der Waals surface area (Å²) in [6, 6.07) is 9.32. The van der Waals surface area contributed by atoms with E-state index in [0.717, 1.165) is 22.6 Å². The molecule has 5 heterocycles. The van der Waals surface area contributed by atoms with Crippen LogP contribution in [0.5, 0.6) is 0 Å². The Bertz CT molecular complexity index is 1630. The molecule has 188 valence electrons. The topological polar surface area (TPSA) is 91.3 Å². The maximum atomic E-state index is 15.6. The van der Waals surface area contributed by atoms with Crippen LogP contribution < -0.4 is 5.32 Å². The predicted molar refractivity (Wildman–Crippen MR) is 135 cm³/mol. The first-order chi connectivity index (χ1) is 17.7. The molecule has 0 spiro atoms. The van der Waals surface area contributed by atoms with Crippen LogP contribution in [-0.2, 0) is 19.5 Å². The van der Waals surface area contributed by atoms with E-state index in [9.17, 15) is 0 Å². The van der Waals surface area contributed by atoms with Crippen LogP contribution in [0.4, 0.5) is 20.5 Å². The number of nitrogens with zero attached hydrogens (tertiary/aromatic N) is 8. The maximum absolute atomic E-state index is 15.6. The predicted octanol–water partition coefficient (Wildman–Crippen LogP) is 5.36. The molecule has 0 saturated heterocycles. The molecule has 5 aromatic rings. The number of aromatic nitrogens is 8. The highest BCUT2D eigenvalue weighted by atomic mass is 35.5. The molecular formula is C25H22ClF2N9. The number of hydrogen-bond acceptors (Lipinski definition) is 6. The van der Waals surface area contributed by atoms with Gasteiger partial charge < -0.3 is 9.88 Å². The largest absolute Gasteiger partial charge is 0.342 e. The third-order valence-corrected chi connectivity index (χ3v) is 6.85. The van der Waals surface area contributed by atoms with Gasteiger partial charge in [0.15, 0.2) is 5.82 Å². The second-order valence-corrected chi connectivity index (χ2v) is 9.48. The van der Waals surface area contributed by atoms with Crippen molar-refractivity contribution in [2.24, 2.45) is 7.05 Å². The minimum atomic E-state index is -3.41. The fourth-order valence-corrected chi connectivity index (χ4v) is 4.94. The Kier molecular flexibility index (Phi) is 5.34. The fourth-order valence-electron chi connectivity index (χ4n) is 4.68. The third-order valence-electron chi connectivity index (χ3n) is 6.52. The van der Waals surface area contributed by atoms with Crippen molar-refractivity contribution in [3.63, 3.8) is 0 Å². The second kappa shape index (κ2) is 8.48. The Balaban J connectivity index is 1.40. The summed E-state index contributed by atoms with van der Waals surface area (Å²) in [5, 5.41) is 15.4. The lowest BCUT2D eigenvalue weighted by atomic mass is 10.1. The van der Waals surface area contributed by atoms with E-state index in [1.807, 2.05) is 43.8 Å². The molecule has 4 aromatic heterocycles. The highest BCUT2D eigenvalue weighted by Gasteiger charge is 2.44. The van der Waals surface area contributed by atoms with Gasteiger partial charge in [0.1, 0.15) is 5.82 Å². The van der Waals surface area contributed by atoms with E-state index in [-0.39, 0.29) is 16.6 Å². The van der Waals surface area contributed by atoms with Gasteiger partial charge in [-0.25, -0.2) is 9.97 Å². The van der Waals surface area contributed by atoms with Gasteiger partial charge in [-0.15, -0.1) is 10.2 Å². The molecule has 37 heavy (non-hydrogen) atoms. The van der Waals surface area contributed by atoms with Gasteiger partial charge in [0.05, 0.1) is 28.6 Å². The van der Waals surface area contributed by atoms with Crippen LogP contribution in [-0.4, -0.2) is 39.1 Å². The Morgan fingerprint density at radius 3 is 2.73 bits per heavy atom. The molecule has 0 radical (unpaired) electrons. The smallest absolute Gasteiger partial charge is 0.333 e. The van der Waals surface area contributed by atoms with E-state index in [4.69, 9.17) is 16.6 Å². The summed E-state index contributed by atoms with van der Waals surface area (Å²) < 4.78 is 36.4. The summed E-state index contributed by atoms with van der Waals surface area (Å²) in [7, 11) is 1.82. The Morgan fingerprint density at radius 1 is 1.16 bits per heavy atom. The van der Waals surface area contributed by atoms with E-state index in [2.05, 4.69) is 25.6 Å². The van der Waals surface area contributed by atoms with Gasteiger partial charge in [0.2, 0.25) is 11.8 Å². The van der Waals surface area contributed by atoms with Crippen LogP contribution in [0.3, 0.4) is 0 Å². The van der Waals surface area contributed by atoms with Crippen LogP contribution in [0.1, 0.15) is 29.9 Å². The summed E-state index contributed by atoms with van der Waals surface area (Å²) in [4.78, 5) is 9.10. The third kappa shape index (κ3) is 3.77. The number of nitrogens with one attached hydrogen (secondary N) is 1. The number of halogens is 3. The van der Waals surface area contributed by atoms with Gasteiger partial charge in [-0.3, -0.25) is 9.25 Å². The molecule has 0 bridgehead atoms. The molecule has 9 nitrogen and oxygen atoms in total. The molecule has 0 fully saturated rings. The van der Waals surface area contributed by atoms with Crippen molar-refractivity contribution < 1.29 is 8.78 Å². The van der Waals surface area contributed by atoms with E-state index >= 15 is 8.78 Å². The molecule has 0 unspecified atom stereocenters. The van der Waals surface area contributed by atoms with Crippen molar-refractivity contribution in [2.75, 3.05) is 5.32 Å². The van der Waals surface area contributed by atoms with Crippen molar-refractivity contribution in [2.45, 2.75) is 32.4 Å². The van der Waals surface area contributed by atoms with Gasteiger partial charge >= 0.3 is 5.92 Å². The van der Waals surface area contributed by atoms with Crippen LogP contribution >= 0.6 is 11.6 Å². The highest BCUT2D eigenvalue weighted by Crippen LogP contribution is 2.43. The van der Waals surface area contributed by atoms with Crippen molar-refractivity contribution in [1.82, 2.24) is 39.1 Å². The minimum Gasteiger partial charge on any atom is -0.342 e. The number of alkyl halides is 2. The van der Waals surface area contributed by atoms with Gasteiger partial charge in [-0.2, -0.15) is 13.9 Å². The first-order valence-electron chi connectivity index (χ1n) is 11.6. The van der Waals surface area contributed by atoms with E-state index in [0.29, 0.717) is 24.0 Å². The second-order valence-electron chi connectivity index (χ2n) is 9.08. The summed E-state index contributed by atoms with van der Waals surface area (Å²) in [5.41, 5.74) is 2.80. The van der Waals surface area contributed by atoms with Crippen molar-refractivity contribution in [3.8, 4) is 22.8 Å². The van der Waals surface area contributed by atoms with Crippen LogP contribution in [0.15, 0.2) is 55.0 Å². The lowest BCUT2D eigenvalue weighted by Gasteiger charge is -2.27. The van der Waals surface area contributed by atoms with Crippen molar-refractivity contribution in [3.05, 3.63) is 77.0 Å². The summed E-state index contributed by atoms with van der Waals surface area (Å²) >= 11 is 6.11. The van der Waals surface area contributed by atoms with Crippen molar-refractivity contribution in [1.29, 1.82) is 0 Å². The number of hydrogen-bond donors (Lipinski definition) is 1. The van der Waals surface area contributed by atoms with E-state index in [1.165, 1.54) is 22.8 Å². The molecule has 0 aliphatic carbocycles. The first kappa shape index (κ1) is 23.3. The average molecular weight is 522 g/mol. The molecule has 6 rings (SSSR count). The van der Waals surface area contributed by atoms with Gasteiger partial charge in [-0.05, 0) is 31.5 Å². The Labute approximate surface area is 215 Å². The maximum Gasteiger partial charge on any atom is 0.333 e. The summed E-state index contributed by atoms with van der Waals surface area (Å²) in [6.45, 7) is 4.26. The quantitative estimate of drug-likeness (QED) is 0.335. The molecule has 1 aliphatic rings. The van der Waals surface area contributed by atoms with Gasteiger partial charge in [-0.1, -0.05) is 29.8 Å². The highest BCUT2D eigenvalue weighted by molar-refractivity contribution is 6.31. The molecule has 1 atom stereocenters. The Morgan fingerprint density at radius 2 is 1.97 bits per heavy atom.